The topological polar surface area (TPSA) is 79.5 Å². The molecule has 1 aromatic rings. The van der Waals surface area contributed by atoms with Gasteiger partial charge in [-0.25, -0.2) is 4.79 Å². The first-order chi connectivity index (χ1) is 9.74. The Morgan fingerprint density at radius 3 is 2.76 bits per heavy atom. The van der Waals surface area contributed by atoms with Gasteiger partial charge in [0.15, 0.2) is 0 Å². The van der Waals surface area contributed by atoms with Gasteiger partial charge in [0.1, 0.15) is 11.6 Å². The number of alkyl carbamates (subject to hydrolysis) is 1. The zero-order valence-electron chi connectivity index (χ0n) is 12.1. The minimum absolute atomic E-state index is 0.283. The van der Waals surface area contributed by atoms with Crippen molar-refractivity contribution >= 4 is 39.3 Å². The second kappa shape index (κ2) is 5.93. The van der Waals surface area contributed by atoms with Crippen LogP contribution in [0.15, 0.2) is 22.7 Å². The Morgan fingerprint density at radius 1 is 1.38 bits per heavy atom. The summed E-state index contributed by atoms with van der Waals surface area (Å²) >= 11 is 3.38. The van der Waals surface area contributed by atoms with Crippen molar-refractivity contribution < 1.29 is 14.3 Å². The maximum absolute atomic E-state index is 12.1. The number of ether oxygens (including phenoxy) is 1. The molecule has 0 saturated carbocycles. The fraction of sp³-hybridized carbons (Fsp3) is 0.429. The van der Waals surface area contributed by atoms with Gasteiger partial charge >= 0.3 is 6.09 Å². The van der Waals surface area contributed by atoms with E-state index in [2.05, 4.69) is 31.9 Å². The van der Waals surface area contributed by atoms with Gasteiger partial charge in [0.05, 0.1) is 11.4 Å². The van der Waals surface area contributed by atoms with E-state index < -0.39 is 17.7 Å². The number of carbonyl (C=O) groups is 2. The highest BCUT2D eigenvalue weighted by Crippen LogP contribution is 2.27. The predicted molar refractivity (Wildman–Crippen MR) is 84.4 cm³/mol. The smallest absolute Gasteiger partial charge is 0.408 e. The molecule has 1 heterocycles. The molecular formula is C14H18BrN3O3. The maximum Gasteiger partial charge on any atom is 0.408 e. The first-order valence-corrected chi connectivity index (χ1v) is 7.38. The Labute approximate surface area is 131 Å². The van der Waals surface area contributed by atoms with Crippen LogP contribution >= 0.6 is 15.9 Å². The third-order valence-electron chi connectivity index (χ3n) is 2.74. The molecule has 7 heteroatoms. The van der Waals surface area contributed by atoms with Crippen LogP contribution in [-0.4, -0.2) is 30.2 Å². The van der Waals surface area contributed by atoms with Gasteiger partial charge in [-0.05, 0) is 39.0 Å². The first-order valence-electron chi connectivity index (χ1n) is 6.58. The second-order valence-electron chi connectivity index (χ2n) is 5.76. The third-order valence-corrected chi connectivity index (χ3v) is 3.24. The summed E-state index contributed by atoms with van der Waals surface area (Å²) in [6.45, 7) is 5.59. The van der Waals surface area contributed by atoms with E-state index in [1.54, 1.807) is 26.8 Å². The minimum atomic E-state index is -0.703. The second-order valence-corrected chi connectivity index (χ2v) is 6.67. The number of nitrogens with one attached hydrogen (secondary N) is 3. The first kappa shape index (κ1) is 15.6. The number of anilines is 2. The average Bonchev–Trinajstić information content (AvgIpc) is 2.48. The lowest BCUT2D eigenvalue weighted by Crippen LogP contribution is -2.48. The Balaban J connectivity index is 2.05. The lowest BCUT2D eigenvalue weighted by molar-refractivity contribution is -0.117. The zero-order valence-corrected chi connectivity index (χ0v) is 13.7. The van der Waals surface area contributed by atoms with Crippen LogP contribution in [0.25, 0.3) is 0 Å². The standard InChI is InChI=1S/C14H18BrN3O3/c1-14(2,3)21-13(20)18-11-7-16-10-6-8(15)4-5-9(10)17-12(11)19/h4-6,11,16H,7H2,1-3H3,(H,17,19)(H,18,20). The van der Waals surface area contributed by atoms with E-state index >= 15 is 0 Å². The summed E-state index contributed by atoms with van der Waals surface area (Å²) in [6.07, 6.45) is -0.614. The van der Waals surface area contributed by atoms with E-state index in [0.717, 1.165) is 10.2 Å². The molecule has 1 aliphatic rings. The molecular weight excluding hydrogens is 338 g/mol. The Kier molecular flexibility index (Phi) is 4.41. The molecule has 0 radical (unpaired) electrons. The summed E-state index contributed by atoms with van der Waals surface area (Å²) in [5.41, 5.74) is 0.870. The molecule has 1 aromatic carbocycles. The lowest BCUT2D eigenvalue weighted by atomic mass is 10.2. The summed E-state index contributed by atoms with van der Waals surface area (Å²) in [6, 6.07) is 4.79. The molecule has 1 unspecified atom stereocenters. The van der Waals surface area contributed by atoms with Crippen molar-refractivity contribution in [2.75, 3.05) is 17.2 Å². The van der Waals surface area contributed by atoms with E-state index in [1.807, 2.05) is 12.1 Å². The SMILES string of the molecule is CC(C)(C)OC(=O)NC1CNc2cc(Br)ccc2NC1=O. The van der Waals surface area contributed by atoms with E-state index in [1.165, 1.54) is 0 Å². The molecule has 6 nitrogen and oxygen atoms in total. The molecule has 0 aliphatic carbocycles. The zero-order chi connectivity index (χ0) is 15.6. The van der Waals surface area contributed by atoms with Gasteiger partial charge in [-0.1, -0.05) is 15.9 Å². The number of halogens is 1. The van der Waals surface area contributed by atoms with Gasteiger partial charge in [-0.15, -0.1) is 0 Å². The highest BCUT2D eigenvalue weighted by atomic mass is 79.9. The lowest BCUT2D eigenvalue weighted by Gasteiger charge is -2.22. The molecule has 114 valence electrons. The fourth-order valence-electron chi connectivity index (χ4n) is 1.86. The van der Waals surface area contributed by atoms with Crippen LogP contribution in [0, 0.1) is 0 Å². The summed E-state index contributed by atoms with van der Waals surface area (Å²) in [5.74, 6) is -0.283. The predicted octanol–water partition coefficient (Wildman–Crippen LogP) is 2.71. The van der Waals surface area contributed by atoms with Crippen LogP contribution in [0.4, 0.5) is 16.2 Å². The number of benzene rings is 1. The van der Waals surface area contributed by atoms with Crippen LogP contribution in [0.5, 0.6) is 0 Å². The maximum atomic E-state index is 12.1. The Hall–Kier alpha value is -1.76. The molecule has 0 spiro atoms. The van der Waals surface area contributed by atoms with Gasteiger partial charge in [-0.3, -0.25) is 4.79 Å². The van der Waals surface area contributed by atoms with Gasteiger partial charge in [0, 0.05) is 11.0 Å². The average molecular weight is 356 g/mol. The quantitative estimate of drug-likeness (QED) is 0.723. The number of rotatable bonds is 1. The molecule has 1 atom stereocenters. The number of fused-ring (bicyclic) bond motifs is 1. The fourth-order valence-corrected chi connectivity index (χ4v) is 2.22. The largest absolute Gasteiger partial charge is 0.444 e. The van der Waals surface area contributed by atoms with Crippen LogP contribution in [0.1, 0.15) is 20.8 Å². The van der Waals surface area contributed by atoms with Crippen LogP contribution < -0.4 is 16.0 Å². The normalized spacial score (nSPS) is 17.9. The van der Waals surface area contributed by atoms with Gasteiger partial charge in [-0.2, -0.15) is 0 Å². The number of amides is 2. The number of hydrogen-bond acceptors (Lipinski definition) is 4. The molecule has 0 bridgehead atoms. The summed E-state index contributed by atoms with van der Waals surface area (Å²) < 4.78 is 6.06. The highest BCUT2D eigenvalue weighted by molar-refractivity contribution is 9.10. The van der Waals surface area contributed by atoms with Crippen molar-refractivity contribution in [2.24, 2.45) is 0 Å². The Bertz CT molecular complexity index is 569. The third kappa shape index (κ3) is 4.35. The molecule has 2 amide bonds. The van der Waals surface area contributed by atoms with Gasteiger partial charge < -0.3 is 20.7 Å². The molecule has 21 heavy (non-hydrogen) atoms. The summed E-state index contributed by atoms with van der Waals surface area (Å²) in [4.78, 5) is 23.9. The Morgan fingerprint density at radius 2 is 2.10 bits per heavy atom. The molecule has 1 aliphatic heterocycles. The molecule has 0 fully saturated rings. The van der Waals surface area contributed by atoms with Crippen molar-refractivity contribution in [1.82, 2.24) is 5.32 Å². The van der Waals surface area contributed by atoms with Crippen molar-refractivity contribution in [3.63, 3.8) is 0 Å². The molecule has 2 rings (SSSR count). The van der Waals surface area contributed by atoms with Gasteiger partial charge in [0.25, 0.3) is 0 Å². The highest BCUT2D eigenvalue weighted by Gasteiger charge is 2.27. The van der Waals surface area contributed by atoms with Gasteiger partial charge in [0.2, 0.25) is 5.91 Å². The van der Waals surface area contributed by atoms with Crippen molar-refractivity contribution in [3.8, 4) is 0 Å². The number of hydrogen-bond donors (Lipinski definition) is 3. The molecule has 0 aromatic heterocycles. The van der Waals surface area contributed by atoms with Crippen LogP contribution in [0.3, 0.4) is 0 Å². The molecule has 3 N–H and O–H groups in total. The van der Waals surface area contributed by atoms with E-state index in [0.29, 0.717) is 5.69 Å². The van der Waals surface area contributed by atoms with Crippen molar-refractivity contribution in [1.29, 1.82) is 0 Å². The monoisotopic (exact) mass is 355 g/mol. The summed E-state index contributed by atoms with van der Waals surface area (Å²) in [5, 5.41) is 8.47. The minimum Gasteiger partial charge on any atom is -0.444 e. The summed E-state index contributed by atoms with van der Waals surface area (Å²) in [7, 11) is 0. The molecule has 0 saturated heterocycles. The van der Waals surface area contributed by atoms with Crippen LogP contribution in [0.2, 0.25) is 0 Å². The number of carbonyl (C=O) groups excluding carboxylic acids is 2. The van der Waals surface area contributed by atoms with E-state index in [-0.39, 0.29) is 12.5 Å². The van der Waals surface area contributed by atoms with Crippen LogP contribution in [-0.2, 0) is 9.53 Å². The van der Waals surface area contributed by atoms with E-state index in [4.69, 9.17) is 4.74 Å². The van der Waals surface area contributed by atoms with Crippen molar-refractivity contribution in [2.45, 2.75) is 32.4 Å². The van der Waals surface area contributed by atoms with Crippen molar-refractivity contribution in [3.05, 3.63) is 22.7 Å². The van der Waals surface area contributed by atoms with E-state index in [9.17, 15) is 9.59 Å².